The van der Waals surface area contributed by atoms with Crippen molar-refractivity contribution in [2.24, 2.45) is 0 Å². The number of likely N-dealkylation sites (tertiary alicyclic amines) is 1. The molecule has 0 atom stereocenters. The Morgan fingerprint density at radius 3 is 2.56 bits per heavy atom. The van der Waals surface area contributed by atoms with Gasteiger partial charge in [0.1, 0.15) is 5.75 Å². The zero-order valence-corrected chi connectivity index (χ0v) is 15.8. The van der Waals surface area contributed by atoms with Gasteiger partial charge in [0.15, 0.2) is 0 Å². The van der Waals surface area contributed by atoms with Crippen LogP contribution in [0.15, 0.2) is 18.2 Å². The SMILES string of the molecule is CCOc1ccc(C(=O)N2CCCCC2)cc1NC(=O)CCNC.Cl. The Balaban J connectivity index is 0.00000312. The van der Waals surface area contributed by atoms with Crippen molar-refractivity contribution in [3.63, 3.8) is 0 Å². The van der Waals surface area contributed by atoms with Crippen LogP contribution in [0.4, 0.5) is 5.69 Å². The highest BCUT2D eigenvalue weighted by atomic mass is 35.5. The van der Waals surface area contributed by atoms with Crippen molar-refractivity contribution in [1.29, 1.82) is 0 Å². The van der Waals surface area contributed by atoms with Gasteiger partial charge in [0, 0.05) is 31.6 Å². The van der Waals surface area contributed by atoms with Crippen LogP contribution in [0.25, 0.3) is 0 Å². The third kappa shape index (κ3) is 6.21. The molecule has 0 radical (unpaired) electrons. The lowest BCUT2D eigenvalue weighted by molar-refractivity contribution is -0.116. The van der Waals surface area contributed by atoms with E-state index >= 15 is 0 Å². The Bertz CT molecular complexity index is 575. The summed E-state index contributed by atoms with van der Waals surface area (Å²) < 4.78 is 5.57. The summed E-state index contributed by atoms with van der Waals surface area (Å²) in [6, 6.07) is 5.25. The molecule has 1 aliphatic rings. The summed E-state index contributed by atoms with van der Waals surface area (Å²) >= 11 is 0. The predicted octanol–water partition coefficient (Wildman–Crippen LogP) is 2.68. The second kappa shape index (κ2) is 10.9. The van der Waals surface area contributed by atoms with Gasteiger partial charge in [-0.1, -0.05) is 0 Å². The van der Waals surface area contributed by atoms with E-state index < -0.39 is 0 Å². The van der Waals surface area contributed by atoms with Crippen LogP contribution >= 0.6 is 12.4 Å². The summed E-state index contributed by atoms with van der Waals surface area (Å²) in [5.41, 5.74) is 1.14. The molecule has 0 bridgehead atoms. The number of piperidine rings is 1. The van der Waals surface area contributed by atoms with Crippen LogP contribution in [0.5, 0.6) is 5.75 Å². The largest absolute Gasteiger partial charge is 0.492 e. The first-order valence-electron chi connectivity index (χ1n) is 8.66. The molecule has 2 N–H and O–H groups in total. The van der Waals surface area contributed by atoms with Gasteiger partial charge in [-0.2, -0.15) is 0 Å². The van der Waals surface area contributed by atoms with Crippen molar-refractivity contribution < 1.29 is 14.3 Å². The first-order chi connectivity index (χ1) is 11.7. The van der Waals surface area contributed by atoms with Crippen molar-refractivity contribution in [2.45, 2.75) is 32.6 Å². The Kier molecular flexibility index (Phi) is 9.31. The number of halogens is 1. The van der Waals surface area contributed by atoms with Crippen LogP contribution in [-0.4, -0.2) is 50.0 Å². The van der Waals surface area contributed by atoms with E-state index in [4.69, 9.17) is 4.74 Å². The van der Waals surface area contributed by atoms with Crippen LogP contribution < -0.4 is 15.4 Å². The minimum atomic E-state index is -0.104. The number of nitrogens with zero attached hydrogens (tertiary/aromatic N) is 1. The maximum atomic E-state index is 12.6. The molecule has 2 rings (SSSR count). The van der Waals surface area contributed by atoms with E-state index in [1.807, 2.05) is 11.8 Å². The molecular weight excluding hydrogens is 342 g/mol. The van der Waals surface area contributed by atoms with E-state index in [1.54, 1.807) is 25.2 Å². The Labute approximate surface area is 155 Å². The van der Waals surface area contributed by atoms with Gasteiger partial charge in [0.05, 0.1) is 12.3 Å². The number of hydrogen-bond acceptors (Lipinski definition) is 4. The van der Waals surface area contributed by atoms with Gasteiger partial charge < -0.3 is 20.3 Å². The van der Waals surface area contributed by atoms with Crippen molar-refractivity contribution in [3.8, 4) is 5.75 Å². The van der Waals surface area contributed by atoms with E-state index in [2.05, 4.69) is 10.6 Å². The molecule has 1 aromatic rings. The predicted molar refractivity (Wildman–Crippen MR) is 102 cm³/mol. The lowest BCUT2D eigenvalue weighted by atomic mass is 10.1. The zero-order chi connectivity index (χ0) is 17.4. The summed E-state index contributed by atoms with van der Waals surface area (Å²) in [6.07, 6.45) is 3.65. The molecule has 1 saturated heterocycles. The monoisotopic (exact) mass is 369 g/mol. The molecule has 0 saturated carbocycles. The van der Waals surface area contributed by atoms with Crippen LogP contribution in [0.1, 0.15) is 43.0 Å². The summed E-state index contributed by atoms with van der Waals surface area (Å²) in [6.45, 7) is 4.59. The van der Waals surface area contributed by atoms with Crippen LogP contribution in [0, 0.1) is 0 Å². The molecule has 140 valence electrons. The van der Waals surface area contributed by atoms with E-state index in [0.717, 1.165) is 25.9 Å². The first kappa shape index (κ1) is 21.3. The second-order valence-electron chi connectivity index (χ2n) is 5.90. The molecule has 1 heterocycles. The number of nitrogens with one attached hydrogen (secondary N) is 2. The van der Waals surface area contributed by atoms with Gasteiger partial charge in [0.25, 0.3) is 5.91 Å². The summed E-state index contributed by atoms with van der Waals surface area (Å²) in [7, 11) is 1.80. The maximum absolute atomic E-state index is 12.6. The fourth-order valence-electron chi connectivity index (χ4n) is 2.77. The van der Waals surface area contributed by atoms with Crippen molar-refractivity contribution in [2.75, 3.05) is 38.6 Å². The van der Waals surface area contributed by atoms with Gasteiger partial charge in [-0.15, -0.1) is 12.4 Å². The molecule has 1 aliphatic heterocycles. The average Bonchev–Trinajstić information content (AvgIpc) is 2.61. The van der Waals surface area contributed by atoms with E-state index in [1.165, 1.54) is 6.42 Å². The third-order valence-corrected chi connectivity index (χ3v) is 4.05. The van der Waals surface area contributed by atoms with E-state index in [-0.39, 0.29) is 24.2 Å². The van der Waals surface area contributed by atoms with Gasteiger partial charge in [0.2, 0.25) is 5.91 Å². The van der Waals surface area contributed by atoms with Gasteiger partial charge in [-0.3, -0.25) is 9.59 Å². The zero-order valence-electron chi connectivity index (χ0n) is 15.0. The number of carbonyl (C=O) groups is 2. The number of benzene rings is 1. The summed E-state index contributed by atoms with van der Waals surface area (Å²) in [4.78, 5) is 26.5. The van der Waals surface area contributed by atoms with Crippen LogP contribution in [-0.2, 0) is 4.79 Å². The fourth-order valence-corrected chi connectivity index (χ4v) is 2.77. The number of amides is 2. The second-order valence-corrected chi connectivity index (χ2v) is 5.90. The quantitative estimate of drug-likeness (QED) is 0.775. The van der Waals surface area contributed by atoms with Gasteiger partial charge in [-0.05, 0) is 51.4 Å². The van der Waals surface area contributed by atoms with Gasteiger partial charge in [-0.25, -0.2) is 0 Å². The topological polar surface area (TPSA) is 70.7 Å². The minimum absolute atomic E-state index is 0. The highest BCUT2D eigenvalue weighted by molar-refractivity contribution is 5.98. The Morgan fingerprint density at radius 2 is 1.92 bits per heavy atom. The number of ether oxygens (including phenoxy) is 1. The highest BCUT2D eigenvalue weighted by Crippen LogP contribution is 2.27. The molecule has 0 aliphatic carbocycles. The number of carbonyl (C=O) groups excluding carboxylic acids is 2. The lowest BCUT2D eigenvalue weighted by Crippen LogP contribution is -2.35. The summed E-state index contributed by atoms with van der Waals surface area (Å²) in [5.74, 6) is 0.502. The van der Waals surface area contributed by atoms with Crippen LogP contribution in [0.2, 0.25) is 0 Å². The molecular formula is C18H28ClN3O3. The average molecular weight is 370 g/mol. The number of rotatable bonds is 7. The lowest BCUT2D eigenvalue weighted by Gasteiger charge is -2.27. The number of hydrogen-bond donors (Lipinski definition) is 2. The molecule has 25 heavy (non-hydrogen) atoms. The number of anilines is 1. The van der Waals surface area contributed by atoms with Crippen molar-refractivity contribution in [1.82, 2.24) is 10.2 Å². The fraction of sp³-hybridized carbons (Fsp3) is 0.556. The minimum Gasteiger partial charge on any atom is -0.492 e. The third-order valence-electron chi connectivity index (χ3n) is 4.05. The molecule has 7 heteroatoms. The van der Waals surface area contributed by atoms with E-state index in [0.29, 0.717) is 36.6 Å². The van der Waals surface area contributed by atoms with Crippen molar-refractivity contribution in [3.05, 3.63) is 23.8 Å². The molecule has 0 aromatic heterocycles. The van der Waals surface area contributed by atoms with Crippen molar-refractivity contribution >= 4 is 29.9 Å². The molecule has 0 unspecified atom stereocenters. The Morgan fingerprint density at radius 1 is 1.20 bits per heavy atom. The Hall–Kier alpha value is -1.79. The molecule has 2 amide bonds. The van der Waals surface area contributed by atoms with Crippen LogP contribution in [0.3, 0.4) is 0 Å². The summed E-state index contributed by atoms with van der Waals surface area (Å²) in [5, 5.41) is 5.80. The van der Waals surface area contributed by atoms with E-state index in [9.17, 15) is 9.59 Å². The smallest absolute Gasteiger partial charge is 0.253 e. The highest BCUT2D eigenvalue weighted by Gasteiger charge is 2.20. The molecule has 1 aromatic carbocycles. The normalized spacial score (nSPS) is 13.8. The molecule has 1 fully saturated rings. The molecule has 6 nitrogen and oxygen atoms in total. The standard InChI is InChI=1S/C18H27N3O3.ClH/c1-3-24-16-8-7-14(18(23)21-11-5-4-6-12-21)13-15(16)20-17(22)9-10-19-2;/h7-8,13,19H,3-6,9-12H2,1-2H3,(H,20,22);1H. The maximum Gasteiger partial charge on any atom is 0.253 e. The van der Waals surface area contributed by atoms with Gasteiger partial charge >= 0.3 is 0 Å². The first-order valence-corrected chi connectivity index (χ1v) is 8.66. The molecule has 0 spiro atoms.